The highest BCUT2D eigenvalue weighted by Crippen LogP contribution is 2.30. The highest BCUT2D eigenvalue weighted by atomic mass is 16.7. The van der Waals surface area contributed by atoms with E-state index in [9.17, 15) is 19.6 Å². The molecular weight excluding hydrogens is 442 g/mol. The first kappa shape index (κ1) is 25.7. The van der Waals surface area contributed by atoms with Crippen LogP contribution in [0, 0.1) is 11.3 Å². The van der Waals surface area contributed by atoms with Gasteiger partial charge in [-0.15, -0.1) is 0 Å². The number of carbonyl (C=O) groups is 3. The molecule has 0 aliphatic rings. The lowest BCUT2D eigenvalue weighted by Crippen LogP contribution is -2.14. The number of nitrogens with zero attached hydrogens (tertiary/aromatic N) is 1. The van der Waals surface area contributed by atoms with Gasteiger partial charge in [-0.3, -0.25) is 0 Å². The van der Waals surface area contributed by atoms with Gasteiger partial charge >= 0.3 is 18.3 Å². The third-order valence-electron chi connectivity index (χ3n) is 3.95. The summed E-state index contributed by atoms with van der Waals surface area (Å²) in [5.74, 6) is -1.12. The van der Waals surface area contributed by atoms with Crippen molar-refractivity contribution in [2.75, 3.05) is 19.8 Å². The Bertz CT molecular complexity index is 1100. The molecule has 0 N–H and O–H groups in total. The molecule has 0 aliphatic heterocycles. The van der Waals surface area contributed by atoms with Crippen LogP contribution >= 0.6 is 0 Å². The lowest BCUT2D eigenvalue weighted by Gasteiger charge is -2.11. The summed E-state index contributed by atoms with van der Waals surface area (Å²) in [5, 5.41) is 9.38. The van der Waals surface area contributed by atoms with Crippen LogP contribution in [0.2, 0.25) is 0 Å². The summed E-state index contributed by atoms with van der Waals surface area (Å²) in [4.78, 5) is 35.7. The molecule has 34 heavy (non-hydrogen) atoms. The van der Waals surface area contributed by atoms with Crippen molar-refractivity contribution >= 4 is 30.4 Å². The van der Waals surface area contributed by atoms with Gasteiger partial charge in [0, 0.05) is 0 Å². The van der Waals surface area contributed by atoms with E-state index in [0.717, 1.165) is 5.56 Å². The summed E-state index contributed by atoms with van der Waals surface area (Å²) < 4.78 is 24.7. The molecule has 0 heterocycles. The molecule has 2 aromatic carbocycles. The molecule has 9 heteroatoms. The Morgan fingerprint density at radius 2 is 1.50 bits per heavy atom. The first-order chi connectivity index (χ1) is 16.5. The van der Waals surface area contributed by atoms with Gasteiger partial charge in [-0.25, -0.2) is 14.4 Å². The van der Waals surface area contributed by atoms with Gasteiger partial charge in [-0.1, -0.05) is 42.5 Å². The molecule has 0 saturated heterocycles. The third-order valence-corrected chi connectivity index (χ3v) is 3.95. The van der Waals surface area contributed by atoms with Crippen LogP contribution < -0.4 is 9.47 Å². The molecule has 0 spiro atoms. The van der Waals surface area contributed by atoms with Gasteiger partial charge in [0.05, 0.1) is 13.2 Å². The van der Waals surface area contributed by atoms with E-state index in [1.807, 2.05) is 30.3 Å². The minimum absolute atomic E-state index is 0.0315. The summed E-state index contributed by atoms with van der Waals surface area (Å²) in [5.41, 5.74) is 0.965. The van der Waals surface area contributed by atoms with Crippen LogP contribution in [0.3, 0.4) is 0 Å². The van der Waals surface area contributed by atoms with Crippen LogP contribution in [0.25, 0.3) is 12.2 Å². The first-order valence-electron chi connectivity index (χ1n) is 10.3. The summed E-state index contributed by atoms with van der Waals surface area (Å²) in [6.45, 7) is 3.31. The fourth-order valence-electron chi connectivity index (χ4n) is 2.51. The predicted molar refractivity (Wildman–Crippen MR) is 122 cm³/mol. The zero-order valence-corrected chi connectivity index (χ0v) is 18.7. The molecule has 0 aromatic heterocycles. The van der Waals surface area contributed by atoms with E-state index in [2.05, 4.69) is 0 Å². The van der Waals surface area contributed by atoms with Gasteiger partial charge in [0.15, 0.2) is 11.5 Å². The van der Waals surface area contributed by atoms with Crippen LogP contribution in [0.5, 0.6) is 11.5 Å². The minimum atomic E-state index is -1.03. The summed E-state index contributed by atoms with van der Waals surface area (Å²) in [7, 11) is 0. The van der Waals surface area contributed by atoms with Crippen LogP contribution in [0.4, 0.5) is 9.59 Å². The van der Waals surface area contributed by atoms with E-state index in [1.54, 1.807) is 32.1 Å². The Hall–Kier alpha value is -4.58. The second-order valence-electron chi connectivity index (χ2n) is 6.36. The van der Waals surface area contributed by atoms with Crippen molar-refractivity contribution in [2.24, 2.45) is 0 Å². The maximum absolute atomic E-state index is 12.3. The van der Waals surface area contributed by atoms with Crippen molar-refractivity contribution < 1.29 is 38.1 Å². The smallest absolute Gasteiger partial charge is 0.457 e. The average molecular weight is 465 g/mol. The van der Waals surface area contributed by atoms with Crippen molar-refractivity contribution in [1.82, 2.24) is 0 Å². The number of nitriles is 1. The van der Waals surface area contributed by atoms with Gasteiger partial charge < -0.3 is 23.7 Å². The zero-order chi connectivity index (χ0) is 24.8. The molecule has 0 unspecified atom stereocenters. The lowest BCUT2D eigenvalue weighted by atomic mass is 10.1. The quantitative estimate of drug-likeness (QED) is 0.167. The number of hydrogen-bond acceptors (Lipinski definition) is 9. The highest BCUT2D eigenvalue weighted by Gasteiger charge is 2.17. The van der Waals surface area contributed by atoms with Crippen molar-refractivity contribution in [2.45, 2.75) is 13.8 Å². The highest BCUT2D eigenvalue weighted by molar-refractivity contribution is 5.98. The number of benzene rings is 2. The van der Waals surface area contributed by atoms with Crippen LogP contribution in [-0.4, -0.2) is 38.1 Å². The van der Waals surface area contributed by atoms with Crippen LogP contribution in [-0.2, 0) is 19.0 Å². The lowest BCUT2D eigenvalue weighted by molar-refractivity contribution is -0.137. The van der Waals surface area contributed by atoms with E-state index < -0.39 is 18.3 Å². The number of rotatable bonds is 9. The van der Waals surface area contributed by atoms with E-state index in [1.165, 1.54) is 24.3 Å². The summed E-state index contributed by atoms with van der Waals surface area (Å²) in [6.07, 6.45) is 2.65. The van der Waals surface area contributed by atoms with Gasteiger partial charge in [-0.05, 0) is 49.3 Å². The minimum Gasteiger partial charge on any atom is -0.457 e. The van der Waals surface area contributed by atoms with E-state index in [0.29, 0.717) is 5.56 Å². The predicted octanol–water partition coefficient (Wildman–Crippen LogP) is 4.92. The fraction of sp³-hybridized carbons (Fsp3) is 0.200. The normalized spacial score (nSPS) is 10.8. The Morgan fingerprint density at radius 1 is 0.853 bits per heavy atom. The molecule has 2 aromatic rings. The van der Waals surface area contributed by atoms with E-state index in [-0.39, 0.29) is 36.9 Å². The van der Waals surface area contributed by atoms with Crippen molar-refractivity contribution in [3.05, 3.63) is 71.3 Å². The zero-order valence-electron chi connectivity index (χ0n) is 18.7. The Labute approximate surface area is 196 Å². The second-order valence-corrected chi connectivity index (χ2v) is 6.36. The number of esters is 1. The number of carbonyl (C=O) groups excluding carboxylic acids is 3. The first-order valence-corrected chi connectivity index (χ1v) is 10.3. The van der Waals surface area contributed by atoms with E-state index >= 15 is 0 Å². The van der Waals surface area contributed by atoms with Gasteiger partial charge in [0.25, 0.3) is 0 Å². The van der Waals surface area contributed by atoms with Gasteiger partial charge in [0.1, 0.15) is 18.2 Å². The molecular formula is C25H23NO8. The van der Waals surface area contributed by atoms with Gasteiger partial charge in [-0.2, -0.15) is 5.26 Å². The Balaban J connectivity index is 2.16. The van der Waals surface area contributed by atoms with Gasteiger partial charge in [0.2, 0.25) is 0 Å². The Kier molecular flexibility index (Phi) is 10.4. The number of hydrogen-bond donors (Lipinski definition) is 0. The van der Waals surface area contributed by atoms with Crippen molar-refractivity contribution in [3.63, 3.8) is 0 Å². The molecule has 0 aliphatic carbocycles. The van der Waals surface area contributed by atoms with Crippen LogP contribution in [0.15, 0.2) is 60.2 Å². The Morgan fingerprint density at radius 3 is 2.12 bits per heavy atom. The molecule has 0 saturated carbocycles. The fourth-order valence-corrected chi connectivity index (χ4v) is 2.51. The van der Waals surface area contributed by atoms with Crippen molar-refractivity contribution in [1.29, 1.82) is 5.26 Å². The van der Waals surface area contributed by atoms with E-state index in [4.69, 9.17) is 23.7 Å². The maximum Gasteiger partial charge on any atom is 0.513 e. The molecule has 2 rings (SSSR count). The SMILES string of the molecule is CCOC(=O)Oc1ccc(C=C(C#N)C(=O)OCC=Cc2ccccc2)cc1OC(=O)OCC. The molecule has 176 valence electrons. The average Bonchev–Trinajstić information content (AvgIpc) is 2.82. The molecule has 0 radical (unpaired) electrons. The molecule has 0 fully saturated rings. The topological polar surface area (TPSA) is 121 Å². The standard InChI is InChI=1S/C25H23NO8/c1-3-30-24(28)33-21-13-12-19(16-22(21)34-25(29)31-4-2)15-20(17-26)23(27)32-14-8-11-18-9-6-5-7-10-18/h5-13,15-16H,3-4,14H2,1-2H3. The molecule has 0 atom stereocenters. The maximum atomic E-state index is 12.3. The molecule has 0 amide bonds. The third kappa shape index (κ3) is 8.51. The molecule has 9 nitrogen and oxygen atoms in total. The summed E-state index contributed by atoms with van der Waals surface area (Å²) >= 11 is 0. The van der Waals surface area contributed by atoms with Crippen molar-refractivity contribution in [3.8, 4) is 17.6 Å². The summed E-state index contributed by atoms with van der Waals surface area (Å²) in [6, 6.07) is 15.3. The number of ether oxygens (including phenoxy) is 5. The second kappa shape index (κ2) is 13.8. The van der Waals surface area contributed by atoms with Crippen LogP contribution in [0.1, 0.15) is 25.0 Å². The monoisotopic (exact) mass is 465 g/mol. The molecule has 0 bridgehead atoms. The largest absolute Gasteiger partial charge is 0.513 e.